The van der Waals surface area contributed by atoms with Crippen LogP contribution < -0.4 is 15.0 Å². The Balaban J connectivity index is 1.81. The van der Waals surface area contributed by atoms with E-state index in [0.29, 0.717) is 10.1 Å². The molecule has 0 aromatic heterocycles. The minimum absolute atomic E-state index is 0.121. The van der Waals surface area contributed by atoms with Gasteiger partial charge < -0.3 is 10.1 Å². The molecule has 1 fully saturated rings. The molecule has 2 aromatic carbocycles. The van der Waals surface area contributed by atoms with Crippen LogP contribution in [0.1, 0.15) is 30.5 Å². The number of aryl methyl sites for hydroxylation is 1. The number of fused-ring (bicyclic) bond motifs is 4. The number of nitrogens with zero attached hydrogens (tertiary/aromatic N) is 1. The lowest BCUT2D eigenvalue weighted by Gasteiger charge is -2.52. The summed E-state index contributed by atoms with van der Waals surface area (Å²) in [6.07, 6.45) is 0.800. The maximum atomic E-state index is 6.36. The molecular formula is C18H17ClN2OS. The molecule has 2 bridgehead atoms. The highest BCUT2D eigenvalue weighted by Gasteiger charge is 2.48. The van der Waals surface area contributed by atoms with Crippen LogP contribution in [-0.4, -0.2) is 10.8 Å². The number of hydrogen-bond donors (Lipinski definition) is 1. The van der Waals surface area contributed by atoms with Gasteiger partial charge in [0.1, 0.15) is 5.75 Å². The first-order valence-corrected chi connectivity index (χ1v) is 8.41. The van der Waals surface area contributed by atoms with Crippen molar-refractivity contribution in [1.29, 1.82) is 0 Å². The molecule has 2 aliphatic heterocycles. The van der Waals surface area contributed by atoms with Crippen molar-refractivity contribution >= 4 is 34.6 Å². The third-order valence-corrected chi connectivity index (χ3v) is 5.03. The second-order valence-corrected chi connectivity index (χ2v) is 7.16. The number of nitrogens with one attached hydrogen (secondary N) is 1. The lowest BCUT2D eigenvalue weighted by Crippen LogP contribution is -2.65. The normalized spacial score (nSPS) is 25.4. The van der Waals surface area contributed by atoms with Gasteiger partial charge in [-0.3, -0.25) is 4.90 Å². The number of anilines is 1. The minimum Gasteiger partial charge on any atom is -0.467 e. The Bertz CT molecular complexity index is 809. The highest BCUT2D eigenvalue weighted by atomic mass is 35.5. The predicted octanol–water partition coefficient (Wildman–Crippen LogP) is 4.58. The van der Waals surface area contributed by atoms with E-state index in [1.54, 1.807) is 0 Å². The van der Waals surface area contributed by atoms with Crippen LogP contribution in [0.5, 0.6) is 5.75 Å². The summed E-state index contributed by atoms with van der Waals surface area (Å²) in [5.74, 6) is 0.862. The molecule has 0 radical (unpaired) electrons. The third kappa shape index (κ3) is 2.37. The second kappa shape index (κ2) is 5.11. The lowest BCUT2D eigenvalue weighted by atomic mass is 9.90. The van der Waals surface area contributed by atoms with E-state index in [0.717, 1.165) is 23.4 Å². The summed E-state index contributed by atoms with van der Waals surface area (Å²) in [6, 6.07) is 14.2. The second-order valence-electron chi connectivity index (χ2n) is 6.34. The number of benzene rings is 2. The van der Waals surface area contributed by atoms with Gasteiger partial charge in [0.2, 0.25) is 0 Å². The number of hydrogen-bond acceptors (Lipinski definition) is 2. The van der Waals surface area contributed by atoms with Crippen LogP contribution in [0, 0.1) is 6.92 Å². The first-order chi connectivity index (χ1) is 11.0. The quantitative estimate of drug-likeness (QED) is 0.765. The number of ether oxygens (including phenoxy) is 1. The van der Waals surface area contributed by atoms with Crippen LogP contribution in [0.15, 0.2) is 42.5 Å². The van der Waals surface area contributed by atoms with Gasteiger partial charge in [-0.1, -0.05) is 23.7 Å². The van der Waals surface area contributed by atoms with Gasteiger partial charge in [-0.05, 0) is 62.0 Å². The fraction of sp³-hybridized carbons (Fsp3) is 0.278. The molecule has 3 nitrogen and oxygen atoms in total. The molecule has 2 atom stereocenters. The number of halogens is 1. The topological polar surface area (TPSA) is 24.5 Å². The highest BCUT2D eigenvalue weighted by molar-refractivity contribution is 7.80. The Morgan fingerprint density at radius 3 is 2.91 bits per heavy atom. The van der Waals surface area contributed by atoms with Gasteiger partial charge in [-0.15, -0.1) is 0 Å². The van der Waals surface area contributed by atoms with Crippen LogP contribution in [0.3, 0.4) is 0 Å². The Morgan fingerprint density at radius 2 is 2.13 bits per heavy atom. The van der Waals surface area contributed by atoms with Crippen LogP contribution in [0.2, 0.25) is 5.02 Å². The van der Waals surface area contributed by atoms with Crippen molar-refractivity contribution in [3.8, 4) is 5.75 Å². The van der Waals surface area contributed by atoms with Gasteiger partial charge in [0.05, 0.1) is 6.04 Å². The molecule has 0 saturated carbocycles. The Kier molecular flexibility index (Phi) is 3.29. The predicted molar refractivity (Wildman–Crippen MR) is 97.2 cm³/mol. The van der Waals surface area contributed by atoms with Crippen molar-refractivity contribution < 1.29 is 4.74 Å². The van der Waals surface area contributed by atoms with Crippen LogP contribution >= 0.6 is 23.8 Å². The van der Waals surface area contributed by atoms with Crippen molar-refractivity contribution in [1.82, 2.24) is 5.32 Å². The monoisotopic (exact) mass is 344 g/mol. The largest absolute Gasteiger partial charge is 0.467 e. The summed E-state index contributed by atoms with van der Waals surface area (Å²) in [7, 11) is 0. The SMILES string of the molecule is Cc1cccc(N2C(=S)NC3CC2(C)Oc2ccc(Cl)cc23)c1. The molecule has 5 heteroatoms. The van der Waals surface area contributed by atoms with Crippen molar-refractivity contribution in [2.45, 2.75) is 32.0 Å². The Hall–Kier alpha value is -1.78. The fourth-order valence-electron chi connectivity index (χ4n) is 3.50. The van der Waals surface area contributed by atoms with E-state index >= 15 is 0 Å². The van der Waals surface area contributed by atoms with E-state index in [4.69, 9.17) is 28.6 Å². The highest BCUT2D eigenvalue weighted by Crippen LogP contribution is 2.46. The van der Waals surface area contributed by atoms with Crippen molar-refractivity contribution in [3.63, 3.8) is 0 Å². The molecule has 2 aliphatic rings. The van der Waals surface area contributed by atoms with Gasteiger partial charge in [-0.25, -0.2) is 0 Å². The molecular weight excluding hydrogens is 328 g/mol. The van der Waals surface area contributed by atoms with Crippen LogP contribution in [-0.2, 0) is 0 Å². The first-order valence-electron chi connectivity index (χ1n) is 7.62. The minimum atomic E-state index is -0.512. The summed E-state index contributed by atoms with van der Waals surface area (Å²) in [6.45, 7) is 4.17. The standard InChI is InChI=1S/C18H17ClN2OS/c1-11-4-3-5-13(8-11)21-17(23)20-15-10-18(21,2)22-16-7-6-12(19)9-14(15)16/h3-9,15H,10H2,1-2H3,(H,20,23). The zero-order valence-electron chi connectivity index (χ0n) is 13.0. The smallest absolute Gasteiger partial charge is 0.188 e. The first kappa shape index (κ1) is 14.8. The number of rotatable bonds is 1. The zero-order valence-corrected chi connectivity index (χ0v) is 14.5. The molecule has 118 valence electrons. The average molecular weight is 345 g/mol. The molecule has 0 amide bonds. The van der Waals surface area contributed by atoms with Gasteiger partial charge in [0.25, 0.3) is 0 Å². The van der Waals surface area contributed by atoms with E-state index < -0.39 is 5.72 Å². The van der Waals surface area contributed by atoms with Crippen molar-refractivity contribution in [2.75, 3.05) is 4.90 Å². The van der Waals surface area contributed by atoms with Crippen molar-refractivity contribution in [2.24, 2.45) is 0 Å². The fourth-order valence-corrected chi connectivity index (χ4v) is 4.12. The third-order valence-electron chi connectivity index (χ3n) is 4.49. The van der Waals surface area contributed by atoms with Gasteiger partial charge >= 0.3 is 0 Å². The molecule has 0 aliphatic carbocycles. The Morgan fingerprint density at radius 1 is 1.30 bits per heavy atom. The number of thiocarbonyl (C=S) groups is 1. The van der Waals surface area contributed by atoms with Crippen molar-refractivity contribution in [3.05, 3.63) is 58.6 Å². The van der Waals surface area contributed by atoms with E-state index in [1.807, 2.05) is 24.3 Å². The summed E-state index contributed by atoms with van der Waals surface area (Å²) < 4.78 is 6.36. The van der Waals surface area contributed by atoms with Gasteiger partial charge in [0, 0.05) is 22.7 Å². The average Bonchev–Trinajstić information content (AvgIpc) is 2.47. The zero-order chi connectivity index (χ0) is 16.2. The van der Waals surface area contributed by atoms with Gasteiger partial charge in [0.15, 0.2) is 10.8 Å². The molecule has 2 unspecified atom stereocenters. The Labute approximate surface area is 146 Å². The summed E-state index contributed by atoms with van der Waals surface area (Å²) in [5, 5.41) is 4.84. The molecule has 4 rings (SSSR count). The van der Waals surface area contributed by atoms with E-state index in [9.17, 15) is 0 Å². The summed E-state index contributed by atoms with van der Waals surface area (Å²) in [4.78, 5) is 2.07. The van der Waals surface area contributed by atoms with Gasteiger partial charge in [-0.2, -0.15) is 0 Å². The maximum Gasteiger partial charge on any atom is 0.188 e. The summed E-state index contributed by atoms with van der Waals surface area (Å²) >= 11 is 11.8. The molecule has 1 N–H and O–H groups in total. The molecule has 23 heavy (non-hydrogen) atoms. The van der Waals surface area contributed by atoms with E-state index in [-0.39, 0.29) is 6.04 Å². The van der Waals surface area contributed by atoms with E-state index in [1.165, 1.54) is 5.56 Å². The molecule has 1 saturated heterocycles. The lowest BCUT2D eigenvalue weighted by molar-refractivity contribution is 0.0498. The molecule has 0 spiro atoms. The molecule has 2 heterocycles. The van der Waals surface area contributed by atoms with Crippen LogP contribution in [0.25, 0.3) is 0 Å². The van der Waals surface area contributed by atoms with E-state index in [2.05, 4.69) is 42.3 Å². The summed E-state index contributed by atoms with van der Waals surface area (Å²) in [5.41, 5.74) is 2.79. The molecule has 2 aromatic rings. The van der Waals surface area contributed by atoms with Crippen LogP contribution in [0.4, 0.5) is 5.69 Å². The maximum absolute atomic E-state index is 6.36.